The minimum atomic E-state index is -0.631. The second-order valence-corrected chi connectivity index (χ2v) is 6.94. The van der Waals surface area contributed by atoms with E-state index in [1.807, 2.05) is 30.3 Å². The van der Waals surface area contributed by atoms with Crippen LogP contribution >= 0.6 is 0 Å². The molecule has 0 fully saturated rings. The summed E-state index contributed by atoms with van der Waals surface area (Å²) in [6, 6.07) is 15.5. The van der Waals surface area contributed by atoms with E-state index in [1.54, 1.807) is 42.8 Å². The number of allylic oxidation sites excluding steroid dienone is 2. The van der Waals surface area contributed by atoms with Crippen molar-refractivity contribution < 1.29 is 18.7 Å². The van der Waals surface area contributed by atoms with Crippen molar-refractivity contribution in [2.45, 2.75) is 20.4 Å². The molecule has 0 atom stereocenters. The van der Waals surface area contributed by atoms with Gasteiger partial charge in [0.15, 0.2) is 6.61 Å². The summed E-state index contributed by atoms with van der Waals surface area (Å²) in [7, 11) is 0. The van der Waals surface area contributed by atoms with Crippen LogP contribution in [-0.4, -0.2) is 28.8 Å². The molecular weight excluding hydrogens is 399 g/mol. The van der Waals surface area contributed by atoms with Gasteiger partial charge in [0.05, 0.1) is 16.9 Å². The third-order valence-electron chi connectivity index (χ3n) is 4.54. The van der Waals surface area contributed by atoms with Gasteiger partial charge in [-0.25, -0.2) is 4.39 Å². The van der Waals surface area contributed by atoms with Crippen LogP contribution < -0.4 is 10.6 Å². The summed E-state index contributed by atoms with van der Waals surface area (Å²) in [5, 5.41) is 14.1. The molecule has 0 unspecified atom stereocenters. The number of carbonyl (C=O) groups is 2. The van der Waals surface area contributed by atoms with Crippen molar-refractivity contribution in [2.75, 3.05) is 11.9 Å². The minimum Gasteiger partial charge on any atom is -0.454 e. The van der Waals surface area contributed by atoms with E-state index in [-0.39, 0.29) is 18.1 Å². The topological polar surface area (TPSA) is 96.2 Å². The van der Waals surface area contributed by atoms with E-state index < -0.39 is 18.5 Å². The van der Waals surface area contributed by atoms with Gasteiger partial charge in [-0.2, -0.15) is 0 Å². The summed E-state index contributed by atoms with van der Waals surface area (Å²) in [4.78, 5) is 24.4. The number of benzene rings is 2. The van der Waals surface area contributed by atoms with Gasteiger partial charge in [0, 0.05) is 23.0 Å². The second kappa shape index (κ2) is 9.71. The number of carbonyl (C=O) groups excluding carboxylic acids is 2. The molecule has 160 valence electrons. The molecule has 0 spiro atoms. The first-order chi connectivity index (χ1) is 14.8. The van der Waals surface area contributed by atoms with Gasteiger partial charge in [0.25, 0.3) is 5.91 Å². The number of rotatable bonds is 8. The zero-order valence-electron chi connectivity index (χ0n) is 17.2. The van der Waals surface area contributed by atoms with E-state index >= 15 is 0 Å². The molecule has 0 aliphatic carbocycles. The van der Waals surface area contributed by atoms with Crippen LogP contribution in [0.4, 0.5) is 10.1 Å². The highest BCUT2D eigenvalue weighted by Crippen LogP contribution is 2.19. The number of para-hydroxylation sites is 1. The molecule has 3 N–H and O–H groups in total. The number of hydrogen-bond donors (Lipinski definition) is 3. The largest absolute Gasteiger partial charge is 0.454 e. The van der Waals surface area contributed by atoms with Gasteiger partial charge in [-0.15, -0.1) is 0 Å². The molecule has 0 bridgehead atoms. The Hall–Kier alpha value is -3.94. The van der Waals surface area contributed by atoms with Crippen molar-refractivity contribution >= 4 is 34.2 Å². The maximum atomic E-state index is 13.8. The fraction of sp³-hybridized carbons (Fsp3) is 0.174. The Morgan fingerprint density at radius 2 is 1.81 bits per heavy atom. The smallest absolute Gasteiger partial charge is 0.326 e. The summed E-state index contributed by atoms with van der Waals surface area (Å²) in [6.07, 6.45) is 1.59. The number of esters is 1. The van der Waals surface area contributed by atoms with Crippen LogP contribution in [0.1, 0.15) is 13.8 Å². The van der Waals surface area contributed by atoms with Crippen LogP contribution in [0.2, 0.25) is 0 Å². The molecule has 0 aliphatic rings. The van der Waals surface area contributed by atoms with Gasteiger partial charge in [-0.05, 0) is 44.2 Å². The average Bonchev–Trinajstić information content (AvgIpc) is 3.15. The Balaban J connectivity index is 1.58. The third kappa shape index (κ3) is 5.57. The van der Waals surface area contributed by atoms with Crippen LogP contribution in [0.15, 0.2) is 72.2 Å². The predicted molar refractivity (Wildman–Crippen MR) is 117 cm³/mol. The molecule has 7 nitrogen and oxygen atoms in total. The minimum absolute atomic E-state index is 0.152. The molecule has 0 saturated carbocycles. The third-order valence-corrected chi connectivity index (χ3v) is 4.54. The number of amides is 1. The van der Waals surface area contributed by atoms with E-state index in [2.05, 4.69) is 10.6 Å². The Morgan fingerprint density at radius 1 is 1.06 bits per heavy atom. The molecule has 2 aromatic carbocycles. The first-order valence-electron chi connectivity index (χ1n) is 9.62. The normalized spacial score (nSPS) is 11.6. The van der Waals surface area contributed by atoms with Gasteiger partial charge >= 0.3 is 5.97 Å². The summed E-state index contributed by atoms with van der Waals surface area (Å²) < 4.78 is 20.4. The number of aromatic nitrogens is 1. The van der Waals surface area contributed by atoms with E-state index in [0.29, 0.717) is 22.3 Å². The van der Waals surface area contributed by atoms with Gasteiger partial charge in [0.2, 0.25) is 0 Å². The predicted octanol–water partition coefficient (Wildman–Crippen LogP) is 3.82. The van der Waals surface area contributed by atoms with Gasteiger partial charge in [-0.1, -0.05) is 24.3 Å². The number of ether oxygens (including phenoxy) is 1. The maximum Gasteiger partial charge on any atom is 0.326 e. The monoisotopic (exact) mass is 422 g/mol. The zero-order valence-corrected chi connectivity index (χ0v) is 17.2. The fourth-order valence-corrected chi connectivity index (χ4v) is 3.10. The highest BCUT2D eigenvalue weighted by atomic mass is 19.1. The molecule has 1 aromatic heterocycles. The van der Waals surface area contributed by atoms with Crippen LogP contribution in [-0.2, 0) is 20.9 Å². The Bertz CT molecular complexity index is 1150. The van der Waals surface area contributed by atoms with Crippen LogP contribution in [0.25, 0.3) is 10.9 Å². The summed E-state index contributed by atoms with van der Waals surface area (Å²) in [5.74, 6) is -1.56. The molecule has 1 amide bonds. The first kappa shape index (κ1) is 21.8. The summed E-state index contributed by atoms with van der Waals surface area (Å²) in [6.45, 7) is 2.64. The molecule has 0 aliphatic heterocycles. The second-order valence-electron chi connectivity index (χ2n) is 6.94. The lowest BCUT2D eigenvalue weighted by Crippen LogP contribution is -2.32. The molecule has 0 radical (unpaired) electrons. The van der Waals surface area contributed by atoms with E-state index in [0.717, 1.165) is 5.69 Å². The SMILES string of the molecule is CC(=N)/C(NC(=O)COC(=O)Cn1ccc2c(F)cccc21)=C(/C)Nc1ccccc1. The highest BCUT2D eigenvalue weighted by Gasteiger charge is 2.14. The fourth-order valence-electron chi connectivity index (χ4n) is 3.10. The highest BCUT2D eigenvalue weighted by molar-refractivity contribution is 6.00. The Kier molecular flexibility index (Phi) is 6.81. The first-order valence-corrected chi connectivity index (χ1v) is 9.62. The molecule has 0 saturated heterocycles. The van der Waals surface area contributed by atoms with E-state index in [1.165, 1.54) is 6.07 Å². The number of nitrogens with one attached hydrogen (secondary N) is 3. The molecule has 1 heterocycles. The van der Waals surface area contributed by atoms with E-state index in [4.69, 9.17) is 10.1 Å². The zero-order chi connectivity index (χ0) is 22.4. The van der Waals surface area contributed by atoms with Gasteiger partial charge in [0.1, 0.15) is 12.4 Å². The van der Waals surface area contributed by atoms with Gasteiger partial charge < -0.3 is 25.3 Å². The van der Waals surface area contributed by atoms with Gasteiger partial charge in [-0.3, -0.25) is 9.59 Å². The molecule has 3 rings (SSSR count). The maximum absolute atomic E-state index is 13.8. The summed E-state index contributed by atoms with van der Waals surface area (Å²) in [5.41, 5.74) is 2.42. The average molecular weight is 422 g/mol. The number of halogens is 1. The lowest BCUT2D eigenvalue weighted by molar-refractivity contribution is -0.148. The molecule has 8 heteroatoms. The number of hydrogen-bond acceptors (Lipinski definition) is 5. The Morgan fingerprint density at radius 3 is 2.52 bits per heavy atom. The number of fused-ring (bicyclic) bond motifs is 1. The standard InChI is InChI=1S/C23H23FN4O3/c1-15(25)23(16(2)26-17-7-4-3-5-8-17)27-21(29)14-31-22(30)13-28-12-11-18-19(24)9-6-10-20(18)28/h3-12,25-26H,13-14H2,1-2H3,(H,27,29)/b23-16+,25-15?. The van der Waals surface area contributed by atoms with Crippen molar-refractivity contribution in [3.8, 4) is 0 Å². The van der Waals surface area contributed by atoms with Crippen LogP contribution in [0.3, 0.4) is 0 Å². The van der Waals surface area contributed by atoms with E-state index in [9.17, 15) is 14.0 Å². The molecule has 31 heavy (non-hydrogen) atoms. The quantitative estimate of drug-likeness (QED) is 0.380. The van der Waals surface area contributed by atoms with Crippen molar-refractivity contribution in [2.24, 2.45) is 0 Å². The lowest BCUT2D eigenvalue weighted by Gasteiger charge is -2.15. The Labute approximate surface area is 179 Å². The van der Waals surface area contributed by atoms with Crippen molar-refractivity contribution in [3.05, 3.63) is 78.0 Å². The number of nitrogens with zero attached hydrogens (tertiary/aromatic N) is 1. The molecular formula is C23H23FN4O3. The summed E-state index contributed by atoms with van der Waals surface area (Å²) >= 11 is 0. The van der Waals surface area contributed by atoms with Crippen molar-refractivity contribution in [1.82, 2.24) is 9.88 Å². The van der Waals surface area contributed by atoms with Crippen LogP contribution in [0, 0.1) is 11.2 Å². The van der Waals surface area contributed by atoms with Crippen molar-refractivity contribution in [1.29, 1.82) is 5.41 Å². The number of anilines is 1. The van der Waals surface area contributed by atoms with Crippen LogP contribution in [0.5, 0.6) is 0 Å². The molecule has 3 aromatic rings. The lowest BCUT2D eigenvalue weighted by atomic mass is 10.2. The van der Waals surface area contributed by atoms with Crippen molar-refractivity contribution in [3.63, 3.8) is 0 Å².